The number of carbonyl (C=O) groups excluding carboxylic acids is 2. The fourth-order valence-corrected chi connectivity index (χ4v) is 5.25. The fourth-order valence-electron chi connectivity index (χ4n) is 4.40. The lowest BCUT2D eigenvalue weighted by Crippen LogP contribution is -2.53. The van der Waals surface area contributed by atoms with Gasteiger partial charge in [0.05, 0.1) is 26.2 Å². The molecule has 0 bridgehead atoms. The number of anilines is 1. The number of aryl methyl sites for hydroxylation is 1. The molecule has 0 fully saturated rings. The van der Waals surface area contributed by atoms with E-state index in [0.717, 1.165) is 27.3 Å². The minimum absolute atomic E-state index is 0.0627. The molecule has 0 aliphatic heterocycles. The van der Waals surface area contributed by atoms with Crippen molar-refractivity contribution in [3.63, 3.8) is 0 Å². The third-order valence-electron chi connectivity index (χ3n) is 6.39. The Hall–Kier alpha value is -4.05. The van der Waals surface area contributed by atoms with Crippen molar-refractivity contribution in [2.24, 2.45) is 0 Å². The van der Waals surface area contributed by atoms with Crippen molar-refractivity contribution in [2.45, 2.75) is 32.9 Å². The molecule has 3 aromatic carbocycles. The van der Waals surface area contributed by atoms with Crippen LogP contribution in [0.5, 0.6) is 11.5 Å². The summed E-state index contributed by atoms with van der Waals surface area (Å²) in [7, 11) is -0.918. The number of carbonyl (C=O) groups is 2. The van der Waals surface area contributed by atoms with Crippen LogP contribution in [0, 0.1) is 6.92 Å². The molecular formula is C30H37N3O6S. The molecule has 10 heteroatoms. The highest BCUT2D eigenvalue weighted by Crippen LogP contribution is 2.31. The number of methoxy groups -OCH3 is 2. The summed E-state index contributed by atoms with van der Waals surface area (Å²) in [5.41, 5.74) is 2.64. The Labute approximate surface area is 236 Å². The van der Waals surface area contributed by atoms with Gasteiger partial charge in [-0.3, -0.25) is 13.9 Å². The summed E-state index contributed by atoms with van der Waals surface area (Å²) in [6, 6.07) is 20.8. The lowest BCUT2D eigenvalue weighted by Gasteiger charge is -2.33. The van der Waals surface area contributed by atoms with E-state index in [1.165, 1.54) is 12.0 Å². The standard InChI is InChI=1S/C30H37N3O6S/c1-6-31-30(35)27(19-23-11-8-7-9-12-23)32(20-24-13-10-14-25(18-24)38-3)29(34)21-33(40(5,36)37)26-17-22(2)15-16-28(26)39-4/h7-18,27H,6,19-21H2,1-5H3,(H,31,35)/t27-/m1/s1. The molecular weight excluding hydrogens is 530 g/mol. The maximum atomic E-state index is 14.1. The zero-order valence-electron chi connectivity index (χ0n) is 23.6. The van der Waals surface area contributed by atoms with Crippen LogP contribution in [-0.2, 0) is 32.6 Å². The lowest BCUT2D eigenvalue weighted by atomic mass is 10.0. The van der Waals surface area contributed by atoms with Gasteiger partial charge in [0.1, 0.15) is 24.1 Å². The van der Waals surface area contributed by atoms with Gasteiger partial charge in [0.25, 0.3) is 0 Å². The monoisotopic (exact) mass is 567 g/mol. The number of amides is 2. The van der Waals surface area contributed by atoms with E-state index in [4.69, 9.17) is 9.47 Å². The predicted molar refractivity (Wildman–Crippen MR) is 156 cm³/mol. The number of sulfonamides is 1. The molecule has 0 unspecified atom stereocenters. The molecule has 0 aliphatic carbocycles. The molecule has 0 saturated heterocycles. The van der Waals surface area contributed by atoms with Crippen LogP contribution in [0.15, 0.2) is 72.8 Å². The summed E-state index contributed by atoms with van der Waals surface area (Å²) in [5, 5.41) is 2.84. The average molecular weight is 568 g/mol. The van der Waals surface area contributed by atoms with Crippen molar-refractivity contribution < 1.29 is 27.5 Å². The van der Waals surface area contributed by atoms with Crippen molar-refractivity contribution >= 4 is 27.5 Å². The number of benzene rings is 3. The molecule has 40 heavy (non-hydrogen) atoms. The first-order valence-electron chi connectivity index (χ1n) is 12.9. The van der Waals surface area contributed by atoms with Gasteiger partial charge in [-0.05, 0) is 54.8 Å². The maximum Gasteiger partial charge on any atom is 0.244 e. The highest BCUT2D eigenvalue weighted by atomic mass is 32.2. The van der Waals surface area contributed by atoms with Gasteiger partial charge in [-0.25, -0.2) is 8.42 Å². The SMILES string of the molecule is CCNC(=O)[C@@H](Cc1ccccc1)N(Cc1cccc(OC)c1)C(=O)CN(c1cc(C)ccc1OC)S(C)(=O)=O. The van der Waals surface area contributed by atoms with E-state index in [1.54, 1.807) is 50.4 Å². The summed E-state index contributed by atoms with van der Waals surface area (Å²) < 4.78 is 37.8. The normalized spacial score (nSPS) is 11.8. The first-order valence-corrected chi connectivity index (χ1v) is 14.8. The van der Waals surface area contributed by atoms with Gasteiger partial charge in [0.2, 0.25) is 21.8 Å². The topological polar surface area (TPSA) is 105 Å². The van der Waals surface area contributed by atoms with E-state index < -0.39 is 28.5 Å². The van der Waals surface area contributed by atoms with Crippen LogP contribution in [-0.4, -0.2) is 64.7 Å². The van der Waals surface area contributed by atoms with Crippen molar-refractivity contribution in [1.82, 2.24) is 10.2 Å². The molecule has 9 nitrogen and oxygen atoms in total. The van der Waals surface area contributed by atoms with Crippen molar-refractivity contribution in [2.75, 3.05) is 37.9 Å². The molecule has 0 aromatic heterocycles. The van der Waals surface area contributed by atoms with E-state index >= 15 is 0 Å². The molecule has 214 valence electrons. The van der Waals surface area contributed by atoms with Gasteiger partial charge < -0.3 is 19.7 Å². The van der Waals surface area contributed by atoms with E-state index in [-0.39, 0.29) is 24.6 Å². The summed E-state index contributed by atoms with van der Waals surface area (Å²) in [6.07, 6.45) is 1.29. The molecule has 0 heterocycles. The predicted octanol–water partition coefficient (Wildman–Crippen LogP) is 3.55. The van der Waals surface area contributed by atoms with Crippen LogP contribution < -0.4 is 19.1 Å². The Kier molecular flexibility index (Phi) is 10.6. The summed E-state index contributed by atoms with van der Waals surface area (Å²) in [4.78, 5) is 29.0. The third-order valence-corrected chi connectivity index (χ3v) is 7.52. The largest absolute Gasteiger partial charge is 0.497 e. The second-order valence-corrected chi connectivity index (χ2v) is 11.3. The van der Waals surface area contributed by atoms with Crippen LogP contribution in [0.2, 0.25) is 0 Å². The van der Waals surface area contributed by atoms with Crippen molar-refractivity contribution in [3.05, 3.63) is 89.5 Å². The van der Waals surface area contributed by atoms with Crippen LogP contribution in [0.4, 0.5) is 5.69 Å². The van der Waals surface area contributed by atoms with Gasteiger partial charge in [-0.2, -0.15) is 0 Å². The minimum Gasteiger partial charge on any atom is -0.497 e. The van der Waals surface area contributed by atoms with Gasteiger partial charge in [-0.15, -0.1) is 0 Å². The number of likely N-dealkylation sites (N-methyl/N-ethyl adjacent to an activating group) is 1. The van der Waals surface area contributed by atoms with E-state index in [9.17, 15) is 18.0 Å². The molecule has 0 spiro atoms. The smallest absolute Gasteiger partial charge is 0.244 e. The van der Waals surface area contributed by atoms with Crippen molar-refractivity contribution in [3.8, 4) is 11.5 Å². The van der Waals surface area contributed by atoms with E-state index in [0.29, 0.717) is 18.0 Å². The first kappa shape index (κ1) is 30.5. The van der Waals surface area contributed by atoms with Gasteiger partial charge in [0, 0.05) is 19.5 Å². The average Bonchev–Trinajstić information content (AvgIpc) is 2.93. The molecule has 3 rings (SSSR count). The second kappa shape index (κ2) is 13.8. The van der Waals surface area contributed by atoms with Crippen LogP contribution in [0.1, 0.15) is 23.6 Å². The fraction of sp³-hybridized carbons (Fsp3) is 0.333. The quantitative estimate of drug-likeness (QED) is 0.339. The van der Waals surface area contributed by atoms with Gasteiger partial charge in [0.15, 0.2) is 0 Å². The lowest BCUT2D eigenvalue weighted by molar-refractivity contribution is -0.140. The summed E-state index contributed by atoms with van der Waals surface area (Å²) in [6.45, 7) is 3.55. The van der Waals surface area contributed by atoms with Gasteiger partial charge in [-0.1, -0.05) is 48.5 Å². The highest BCUT2D eigenvalue weighted by Gasteiger charge is 2.33. The number of hydrogen-bond acceptors (Lipinski definition) is 6. The summed E-state index contributed by atoms with van der Waals surface area (Å²) in [5.74, 6) is 0.0446. The Morgan fingerprint density at radius 1 is 0.925 bits per heavy atom. The zero-order valence-corrected chi connectivity index (χ0v) is 24.4. The molecule has 0 radical (unpaired) electrons. The van der Waals surface area contributed by atoms with Crippen LogP contribution in [0.25, 0.3) is 0 Å². The maximum absolute atomic E-state index is 14.1. The number of nitrogens with one attached hydrogen (secondary N) is 1. The Balaban J connectivity index is 2.09. The third kappa shape index (κ3) is 7.98. The molecule has 1 N–H and O–H groups in total. The van der Waals surface area contributed by atoms with Crippen LogP contribution in [0.3, 0.4) is 0 Å². The number of ether oxygens (including phenoxy) is 2. The molecule has 2 amide bonds. The molecule has 0 saturated carbocycles. The first-order chi connectivity index (χ1) is 19.1. The highest BCUT2D eigenvalue weighted by molar-refractivity contribution is 7.92. The van der Waals surface area contributed by atoms with Gasteiger partial charge >= 0.3 is 0 Å². The Morgan fingerprint density at radius 2 is 1.62 bits per heavy atom. The number of nitrogens with zero attached hydrogens (tertiary/aromatic N) is 2. The number of rotatable bonds is 13. The molecule has 1 atom stereocenters. The Bertz CT molecular complexity index is 1410. The molecule has 3 aromatic rings. The van der Waals surface area contributed by atoms with Crippen LogP contribution >= 0.6 is 0 Å². The van der Waals surface area contributed by atoms with E-state index in [2.05, 4.69) is 5.32 Å². The molecule has 0 aliphatic rings. The number of hydrogen-bond donors (Lipinski definition) is 1. The zero-order chi connectivity index (χ0) is 29.3. The Morgan fingerprint density at radius 3 is 2.25 bits per heavy atom. The van der Waals surface area contributed by atoms with E-state index in [1.807, 2.05) is 43.3 Å². The second-order valence-electron chi connectivity index (χ2n) is 9.42. The van der Waals surface area contributed by atoms with Crippen molar-refractivity contribution in [1.29, 1.82) is 0 Å². The summed E-state index contributed by atoms with van der Waals surface area (Å²) >= 11 is 0. The minimum atomic E-state index is -3.91.